The lowest BCUT2D eigenvalue weighted by Gasteiger charge is -2.34. The second-order valence-electron chi connectivity index (χ2n) is 9.38. The Bertz CT molecular complexity index is 512. The van der Waals surface area contributed by atoms with Gasteiger partial charge in [0, 0.05) is 6.04 Å². The molecule has 0 aliphatic carbocycles. The molecule has 0 spiro atoms. The highest BCUT2D eigenvalue weighted by Gasteiger charge is 2.35. The number of nitrogens with two attached hydrogens (primary N) is 1. The summed E-state index contributed by atoms with van der Waals surface area (Å²) in [5.74, 6) is -1.79. The molecule has 0 radical (unpaired) electrons. The van der Waals surface area contributed by atoms with Crippen molar-refractivity contribution in [3.8, 4) is 0 Å². The molecule has 5 N–H and O–H groups in total. The third-order valence-corrected chi connectivity index (χ3v) is 4.64. The van der Waals surface area contributed by atoms with E-state index in [-0.39, 0.29) is 29.7 Å². The number of carboxylic acid groups (broad SMARTS) is 1. The molecule has 7 heteroatoms. The number of aliphatic carboxylic acids is 1. The molecule has 158 valence electrons. The van der Waals surface area contributed by atoms with E-state index >= 15 is 0 Å². The van der Waals surface area contributed by atoms with Gasteiger partial charge in [-0.3, -0.25) is 14.4 Å². The van der Waals surface area contributed by atoms with Gasteiger partial charge in [0.05, 0.1) is 12.0 Å². The predicted molar refractivity (Wildman–Crippen MR) is 107 cm³/mol. The van der Waals surface area contributed by atoms with E-state index in [4.69, 9.17) is 10.8 Å². The molecule has 0 bridgehead atoms. The van der Waals surface area contributed by atoms with Gasteiger partial charge in [-0.15, -0.1) is 0 Å². The summed E-state index contributed by atoms with van der Waals surface area (Å²) in [6.07, 6.45) is 0.867. The molecule has 4 atom stereocenters. The van der Waals surface area contributed by atoms with Crippen LogP contribution in [-0.2, 0) is 14.4 Å². The lowest BCUT2D eigenvalue weighted by Crippen LogP contribution is -2.58. The predicted octanol–water partition coefficient (Wildman–Crippen LogP) is 2.14. The highest BCUT2D eigenvalue weighted by atomic mass is 16.4. The molecule has 0 aliphatic heterocycles. The summed E-state index contributed by atoms with van der Waals surface area (Å²) in [6.45, 7) is 15.1. The number of rotatable bonds is 10. The average molecular weight is 386 g/mol. The number of carbonyl (C=O) groups is 3. The van der Waals surface area contributed by atoms with Crippen molar-refractivity contribution in [3.63, 3.8) is 0 Å². The molecule has 1 unspecified atom stereocenters. The molecule has 0 saturated carbocycles. The molecule has 0 aromatic carbocycles. The van der Waals surface area contributed by atoms with E-state index in [0.29, 0.717) is 12.8 Å². The van der Waals surface area contributed by atoms with E-state index in [9.17, 15) is 14.4 Å². The van der Waals surface area contributed by atoms with Gasteiger partial charge in [-0.1, -0.05) is 55.4 Å². The first-order valence-electron chi connectivity index (χ1n) is 9.75. The van der Waals surface area contributed by atoms with Gasteiger partial charge in [-0.05, 0) is 30.1 Å². The highest BCUT2D eigenvalue weighted by Crippen LogP contribution is 2.21. The Morgan fingerprint density at radius 3 is 1.81 bits per heavy atom. The van der Waals surface area contributed by atoms with Crippen molar-refractivity contribution in [1.29, 1.82) is 0 Å². The van der Waals surface area contributed by atoms with Gasteiger partial charge in [-0.2, -0.15) is 0 Å². The molecule has 2 amide bonds. The van der Waals surface area contributed by atoms with E-state index < -0.39 is 29.4 Å². The maximum atomic E-state index is 12.9. The molecule has 0 aromatic heterocycles. The minimum Gasteiger partial charge on any atom is -0.481 e. The van der Waals surface area contributed by atoms with Gasteiger partial charge in [0.15, 0.2) is 0 Å². The zero-order chi connectivity index (χ0) is 21.5. The third-order valence-electron chi connectivity index (χ3n) is 4.64. The summed E-state index contributed by atoms with van der Waals surface area (Å²) in [5.41, 5.74) is 5.43. The first-order valence-corrected chi connectivity index (χ1v) is 9.75. The van der Waals surface area contributed by atoms with Crippen LogP contribution in [0.1, 0.15) is 68.2 Å². The molecule has 0 fully saturated rings. The fourth-order valence-corrected chi connectivity index (χ4v) is 2.79. The second-order valence-corrected chi connectivity index (χ2v) is 9.38. The minimum atomic E-state index is -0.893. The number of carboxylic acids is 1. The van der Waals surface area contributed by atoms with Crippen LogP contribution in [0.25, 0.3) is 0 Å². The van der Waals surface area contributed by atoms with Crippen molar-refractivity contribution in [2.75, 3.05) is 0 Å². The molecule has 0 aliphatic rings. The van der Waals surface area contributed by atoms with Gasteiger partial charge < -0.3 is 21.5 Å². The molecule has 0 rings (SSSR count). The molecular formula is C20H39N3O4. The van der Waals surface area contributed by atoms with E-state index in [0.717, 1.165) is 0 Å². The van der Waals surface area contributed by atoms with Crippen molar-refractivity contribution in [2.45, 2.75) is 86.4 Å². The Labute approximate surface area is 163 Å². The Hall–Kier alpha value is -1.63. The number of hydrogen-bond acceptors (Lipinski definition) is 4. The van der Waals surface area contributed by atoms with Gasteiger partial charge in [0.2, 0.25) is 11.8 Å². The standard InChI is InChI=1S/C20H39N3O4/c1-11(2)9-14(21)17(24)23-16(20(6,7)8)18(25)22-15(12(3)4)10-13(5)19(26)27/h11-16H,9-10,21H2,1-8H3,(H,22,25)(H,23,24)(H,26,27)/t13?,14-,15+,16+/m0/s1. The number of nitrogens with one attached hydrogen (secondary N) is 2. The fraction of sp³-hybridized carbons (Fsp3) is 0.850. The van der Waals surface area contributed by atoms with E-state index in [1.165, 1.54) is 0 Å². The third kappa shape index (κ3) is 9.22. The zero-order valence-corrected chi connectivity index (χ0v) is 18.1. The number of hydrogen-bond donors (Lipinski definition) is 4. The normalized spacial score (nSPS) is 16.6. The Morgan fingerprint density at radius 1 is 0.926 bits per heavy atom. The SMILES string of the molecule is CC(C)C[C@H](N)C(=O)N[C@H](C(=O)N[C@H](CC(C)C(=O)O)C(C)C)C(C)(C)C. The van der Waals surface area contributed by atoms with E-state index in [1.807, 2.05) is 48.5 Å². The topological polar surface area (TPSA) is 122 Å². The molecule has 0 heterocycles. The summed E-state index contributed by atoms with van der Waals surface area (Å²) in [7, 11) is 0. The fourth-order valence-electron chi connectivity index (χ4n) is 2.79. The Morgan fingerprint density at radius 2 is 1.44 bits per heavy atom. The Kier molecular flexibility index (Phi) is 10.00. The van der Waals surface area contributed by atoms with Crippen LogP contribution in [0.15, 0.2) is 0 Å². The first kappa shape index (κ1) is 25.4. The summed E-state index contributed by atoms with van der Waals surface area (Å²) >= 11 is 0. The maximum absolute atomic E-state index is 12.9. The molecule has 27 heavy (non-hydrogen) atoms. The van der Waals surface area contributed by atoms with Crippen molar-refractivity contribution in [3.05, 3.63) is 0 Å². The average Bonchev–Trinajstić information content (AvgIpc) is 2.49. The zero-order valence-electron chi connectivity index (χ0n) is 18.1. The smallest absolute Gasteiger partial charge is 0.306 e. The molecular weight excluding hydrogens is 346 g/mol. The van der Waals surface area contributed by atoms with Crippen molar-refractivity contribution in [2.24, 2.45) is 28.9 Å². The maximum Gasteiger partial charge on any atom is 0.306 e. The van der Waals surface area contributed by atoms with Crippen molar-refractivity contribution in [1.82, 2.24) is 10.6 Å². The second kappa shape index (κ2) is 10.6. The summed E-state index contributed by atoms with van der Waals surface area (Å²) in [4.78, 5) is 36.5. The van der Waals surface area contributed by atoms with Crippen LogP contribution in [0.4, 0.5) is 0 Å². The van der Waals surface area contributed by atoms with Gasteiger partial charge >= 0.3 is 5.97 Å². The first-order chi connectivity index (χ1) is 12.2. The van der Waals surface area contributed by atoms with Crippen LogP contribution in [0, 0.1) is 23.2 Å². The number of amides is 2. The van der Waals surface area contributed by atoms with Crippen molar-refractivity contribution >= 4 is 17.8 Å². The van der Waals surface area contributed by atoms with Crippen LogP contribution >= 0.6 is 0 Å². The van der Waals surface area contributed by atoms with Gasteiger partial charge in [0.1, 0.15) is 6.04 Å². The quantitative estimate of drug-likeness (QED) is 0.459. The van der Waals surface area contributed by atoms with Crippen LogP contribution in [-0.4, -0.2) is 41.0 Å². The van der Waals surface area contributed by atoms with Gasteiger partial charge in [0.25, 0.3) is 0 Å². The van der Waals surface area contributed by atoms with E-state index in [2.05, 4.69) is 10.6 Å². The van der Waals surface area contributed by atoms with Gasteiger partial charge in [-0.25, -0.2) is 0 Å². The van der Waals surface area contributed by atoms with Crippen LogP contribution in [0.5, 0.6) is 0 Å². The molecule has 7 nitrogen and oxygen atoms in total. The monoisotopic (exact) mass is 385 g/mol. The highest BCUT2D eigenvalue weighted by molar-refractivity contribution is 5.90. The van der Waals surface area contributed by atoms with E-state index in [1.54, 1.807) is 6.92 Å². The molecule has 0 aromatic rings. The van der Waals surface area contributed by atoms with Crippen LogP contribution in [0.3, 0.4) is 0 Å². The van der Waals surface area contributed by atoms with Crippen LogP contribution in [0.2, 0.25) is 0 Å². The summed E-state index contributed by atoms with van der Waals surface area (Å²) in [6, 6.07) is -1.73. The summed E-state index contributed by atoms with van der Waals surface area (Å²) in [5, 5.41) is 14.9. The largest absolute Gasteiger partial charge is 0.481 e. The van der Waals surface area contributed by atoms with Crippen molar-refractivity contribution < 1.29 is 19.5 Å². The lowest BCUT2D eigenvalue weighted by molar-refractivity contribution is -0.142. The lowest BCUT2D eigenvalue weighted by atomic mass is 9.85. The molecule has 0 saturated heterocycles. The van der Waals surface area contributed by atoms with Crippen LogP contribution < -0.4 is 16.4 Å². The Balaban J connectivity index is 5.25. The summed E-state index contributed by atoms with van der Waals surface area (Å²) < 4.78 is 0. The number of carbonyl (C=O) groups excluding carboxylic acids is 2. The minimum absolute atomic E-state index is 0.0651.